The standard InChI is InChI=1S/C12H13FN2O/c1-7(2)16-12-8(3)14-11-6-9(13)4-5-10(11)15-12/h4-7H,1-3H3. The van der Waals surface area contributed by atoms with Crippen molar-refractivity contribution < 1.29 is 9.13 Å². The van der Waals surface area contributed by atoms with Crippen molar-refractivity contribution in [3.8, 4) is 5.88 Å². The average Bonchev–Trinajstić information content (AvgIpc) is 2.19. The quantitative estimate of drug-likeness (QED) is 0.780. The summed E-state index contributed by atoms with van der Waals surface area (Å²) in [5.74, 6) is 0.202. The van der Waals surface area contributed by atoms with Crippen LogP contribution in [0.25, 0.3) is 11.0 Å². The Kier molecular flexibility index (Phi) is 2.73. The first-order chi connectivity index (χ1) is 7.56. The van der Waals surface area contributed by atoms with Gasteiger partial charge in [0.15, 0.2) is 0 Å². The number of benzene rings is 1. The summed E-state index contributed by atoms with van der Waals surface area (Å²) in [4.78, 5) is 8.57. The lowest BCUT2D eigenvalue weighted by molar-refractivity contribution is 0.230. The van der Waals surface area contributed by atoms with E-state index in [2.05, 4.69) is 9.97 Å². The summed E-state index contributed by atoms with van der Waals surface area (Å²) in [7, 11) is 0. The van der Waals surface area contributed by atoms with E-state index in [4.69, 9.17) is 4.74 Å². The van der Waals surface area contributed by atoms with E-state index in [1.165, 1.54) is 12.1 Å². The lowest BCUT2D eigenvalue weighted by Crippen LogP contribution is -2.09. The number of halogens is 1. The Balaban J connectivity index is 2.54. The van der Waals surface area contributed by atoms with Crippen molar-refractivity contribution in [2.24, 2.45) is 0 Å². The van der Waals surface area contributed by atoms with Crippen LogP contribution in [-0.4, -0.2) is 16.1 Å². The van der Waals surface area contributed by atoms with Crippen LogP contribution in [0.15, 0.2) is 18.2 Å². The number of aromatic nitrogens is 2. The van der Waals surface area contributed by atoms with E-state index in [0.717, 1.165) is 0 Å². The van der Waals surface area contributed by atoms with Crippen molar-refractivity contribution in [1.82, 2.24) is 9.97 Å². The van der Waals surface area contributed by atoms with Gasteiger partial charge in [0.25, 0.3) is 0 Å². The van der Waals surface area contributed by atoms with Gasteiger partial charge in [-0.15, -0.1) is 0 Å². The van der Waals surface area contributed by atoms with Gasteiger partial charge in [-0.2, -0.15) is 0 Å². The second-order valence-corrected chi connectivity index (χ2v) is 3.91. The number of nitrogens with zero attached hydrogens (tertiary/aromatic N) is 2. The van der Waals surface area contributed by atoms with Crippen LogP contribution in [0.1, 0.15) is 19.5 Å². The van der Waals surface area contributed by atoms with Crippen molar-refractivity contribution in [3.05, 3.63) is 29.7 Å². The first-order valence-electron chi connectivity index (χ1n) is 5.17. The summed E-state index contributed by atoms with van der Waals surface area (Å²) in [6, 6.07) is 4.34. The Labute approximate surface area is 93.3 Å². The molecule has 0 aliphatic rings. The molecule has 0 radical (unpaired) electrons. The minimum absolute atomic E-state index is 0.0471. The highest BCUT2D eigenvalue weighted by atomic mass is 19.1. The predicted molar refractivity (Wildman–Crippen MR) is 60.0 cm³/mol. The molecule has 1 aromatic heterocycles. The van der Waals surface area contributed by atoms with Crippen LogP contribution in [0.2, 0.25) is 0 Å². The highest BCUT2D eigenvalue weighted by Crippen LogP contribution is 2.19. The van der Waals surface area contributed by atoms with Crippen LogP contribution in [0.3, 0.4) is 0 Å². The SMILES string of the molecule is Cc1nc2cc(F)ccc2nc1OC(C)C. The second-order valence-electron chi connectivity index (χ2n) is 3.91. The van der Waals surface area contributed by atoms with Gasteiger partial charge in [-0.3, -0.25) is 0 Å². The van der Waals surface area contributed by atoms with Crippen LogP contribution < -0.4 is 4.74 Å². The maximum absolute atomic E-state index is 13.0. The molecule has 0 N–H and O–H groups in total. The average molecular weight is 220 g/mol. The highest BCUT2D eigenvalue weighted by Gasteiger charge is 2.08. The molecule has 1 heterocycles. The molecule has 0 aliphatic heterocycles. The molecular weight excluding hydrogens is 207 g/mol. The lowest BCUT2D eigenvalue weighted by atomic mass is 10.3. The lowest BCUT2D eigenvalue weighted by Gasteiger charge is -2.11. The first kappa shape index (κ1) is 10.8. The molecule has 1 aromatic carbocycles. The largest absolute Gasteiger partial charge is 0.474 e. The van der Waals surface area contributed by atoms with Crippen molar-refractivity contribution in [1.29, 1.82) is 0 Å². The Bertz CT molecular complexity index is 526. The van der Waals surface area contributed by atoms with Crippen LogP contribution in [-0.2, 0) is 0 Å². The fourth-order valence-electron chi connectivity index (χ4n) is 1.43. The maximum atomic E-state index is 13.0. The van der Waals surface area contributed by atoms with Gasteiger partial charge in [-0.05, 0) is 32.9 Å². The van der Waals surface area contributed by atoms with Crippen LogP contribution in [0, 0.1) is 12.7 Å². The van der Waals surface area contributed by atoms with Gasteiger partial charge >= 0.3 is 0 Å². The third-order valence-corrected chi connectivity index (χ3v) is 2.10. The Morgan fingerprint density at radius 1 is 1.19 bits per heavy atom. The van der Waals surface area contributed by atoms with Crippen LogP contribution in [0.4, 0.5) is 4.39 Å². The van der Waals surface area contributed by atoms with Gasteiger partial charge in [0.05, 0.1) is 17.1 Å². The Morgan fingerprint density at radius 2 is 1.94 bits per heavy atom. The molecule has 0 saturated heterocycles. The van der Waals surface area contributed by atoms with Gasteiger partial charge < -0.3 is 4.74 Å². The van der Waals surface area contributed by atoms with Crippen molar-refractivity contribution in [3.63, 3.8) is 0 Å². The number of aryl methyl sites for hydroxylation is 1. The topological polar surface area (TPSA) is 35.0 Å². The zero-order chi connectivity index (χ0) is 11.7. The first-order valence-corrected chi connectivity index (χ1v) is 5.17. The maximum Gasteiger partial charge on any atom is 0.236 e. The molecule has 4 heteroatoms. The minimum atomic E-state index is -0.307. The number of ether oxygens (including phenoxy) is 1. The Hall–Kier alpha value is -1.71. The fourth-order valence-corrected chi connectivity index (χ4v) is 1.43. The molecule has 0 spiro atoms. The monoisotopic (exact) mass is 220 g/mol. The fraction of sp³-hybridized carbons (Fsp3) is 0.333. The van der Waals surface area contributed by atoms with Gasteiger partial charge in [0.1, 0.15) is 11.5 Å². The molecule has 0 bridgehead atoms. The number of hydrogen-bond acceptors (Lipinski definition) is 3. The van der Waals surface area contributed by atoms with Gasteiger partial charge in [-0.25, -0.2) is 14.4 Å². The van der Waals surface area contributed by atoms with Crippen molar-refractivity contribution in [2.45, 2.75) is 26.9 Å². The highest BCUT2D eigenvalue weighted by molar-refractivity contribution is 5.74. The van der Waals surface area contributed by atoms with E-state index in [0.29, 0.717) is 22.6 Å². The Morgan fingerprint density at radius 3 is 2.62 bits per heavy atom. The van der Waals surface area contributed by atoms with Crippen molar-refractivity contribution in [2.75, 3.05) is 0 Å². The van der Waals surface area contributed by atoms with E-state index in [-0.39, 0.29) is 11.9 Å². The van der Waals surface area contributed by atoms with Gasteiger partial charge in [0, 0.05) is 6.07 Å². The molecule has 2 aromatic rings. The predicted octanol–water partition coefficient (Wildman–Crippen LogP) is 2.86. The molecule has 0 fully saturated rings. The van der Waals surface area contributed by atoms with E-state index < -0.39 is 0 Å². The number of rotatable bonds is 2. The summed E-state index contributed by atoms with van der Waals surface area (Å²) in [6.45, 7) is 5.65. The molecule has 3 nitrogen and oxygen atoms in total. The van der Waals surface area contributed by atoms with Crippen LogP contribution >= 0.6 is 0 Å². The van der Waals surface area contributed by atoms with E-state index in [9.17, 15) is 4.39 Å². The summed E-state index contributed by atoms with van der Waals surface area (Å²) in [6.07, 6.45) is 0.0471. The molecular formula is C12H13FN2O. The molecule has 0 aliphatic carbocycles. The molecule has 0 saturated carbocycles. The molecule has 0 amide bonds. The van der Waals surface area contributed by atoms with E-state index in [1.807, 2.05) is 13.8 Å². The zero-order valence-electron chi connectivity index (χ0n) is 9.49. The third kappa shape index (κ3) is 2.10. The van der Waals surface area contributed by atoms with Gasteiger partial charge in [0.2, 0.25) is 5.88 Å². The molecule has 16 heavy (non-hydrogen) atoms. The van der Waals surface area contributed by atoms with Crippen LogP contribution in [0.5, 0.6) is 5.88 Å². The number of hydrogen-bond donors (Lipinski definition) is 0. The molecule has 2 rings (SSSR count). The normalized spacial score (nSPS) is 11.1. The van der Waals surface area contributed by atoms with E-state index in [1.54, 1.807) is 13.0 Å². The summed E-state index contributed by atoms with van der Waals surface area (Å²) < 4.78 is 18.5. The molecule has 0 atom stereocenters. The molecule has 0 unspecified atom stereocenters. The van der Waals surface area contributed by atoms with Gasteiger partial charge in [-0.1, -0.05) is 0 Å². The number of fused-ring (bicyclic) bond motifs is 1. The van der Waals surface area contributed by atoms with E-state index >= 15 is 0 Å². The molecule has 84 valence electrons. The summed E-state index contributed by atoms with van der Waals surface area (Å²) >= 11 is 0. The third-order valence-electron chi connectivity index (χ3n) is 2.10. The summed E-state index contributed by atoms with van der Waals surface area (Å²) in [5.41, 5.74) is 1.86. The minimum Gasteiger partial charge on any atom is -0.474 e. The second kappa shape index (κ2) is 4.04. The smallest absolute Gasteiger partial charge is 0.236 e. The van der Waals surface area contributed by atoms with Crippen molar-refractivity contribution >= 4 is 11.0 Å². The summed E-state index contributed by atoms with van der Waals surface area (Å²) in [5, 5.41) is 0. The zero-order valence-corrected chi connectivity index (χ0v) is 9.49.